The zero-order valence-corrected chi connectivity index (χ0v) is 16.4. The van der Waals surface area contributed by atoms with E-state index in [1.54, 1.807) is 5.38 Å². The summed E-state index contributed by atoms with van der Waals surface area (Å²) >= 11 is 8.84. The van der Waals surface area contributed by atoms with Crippen LogP contribution in [0.3, 0.4) is 0 Å². The fourth-order valence-electron chi connectivity index (χ4n) is 2.28. The minimum Gasteiger partial charge on any atom is -0.344 e. The number of thiophene rings is 1. The van der Waals surface area contributed by atoms with Crippen molar-refractivity contribution >= 4 is 65.0 Å². The van der Waals surface area contributed by atoms with Crippen LogP contribution in [0.2, 0.25) is 4.34 Å². The first kappa shape index (κ1) is 20.7. The van der Waals surface area contributed by atoms with Crippen LogP contribution in [0.1, 0.15) is 30.3 Å². The van der Waals surface area contributed by atoms with E-state index in [0.29, 0.717) is 18.2 Å². The number of hydrogen-bond acceptors (Lipinski definition) is 5. The summed E-state index contributed by atoms with van der Waals surface area (Å²) in [6.45, 7) is 2.45. The van der Waals surface area contributed by atoms with Crippen molar-refractivity contribution in [3.63, 3.8) is 0 Å². The van der Waals surface area contributed by atoms with Crippen LogP contribution in [0, 0.1) is 5.92 Å². The lowest BCUT2D eigenvalue weighted by Gasteiger charge is -2.29. The van der Waals surface area contributed by atoms with Crippen molar-refractivity contribution in [1.82, 2.24) is 10.3 Å². The predicted molar refractivity (Wildman–Crippen MR) is 103 cm³/mol. The Morgan fingerprint density at radius 3 is 2.70 bits per heavy atom. The number of aromatic nitrogens is 1. The molecule has 2 aromatic rings. The quantitative estimate of drug-likeness (QED) is 0.769. The predicted octanol–water partition coefficient (Wildman–Crippen LogP) is 4.23. The normalized spacial score (nSPS) is 16.0. The summed E-state index contributed by atoms with van der Waals surface area (Å²) in [5.74, 6) is 0.334. The molecule has 9 heteroatoms. The Morgan fingerprint density at radius 1 is 1.48 bits per heavy atom. The first-order valence-corrected chi connectivity index (χ1v) is 8.83. The number of amides is 1. The Labute approximate surface area is 160 Å². The first-order valence-electron chi connectivity index (χ1n) is 6.75. The molecule has 0 spiro atoms. The van der Waals surface area contributed by atoms with Gasteiger partial charge in [-0.05, 0) is 37.8 Å². The Bertz CT molecular complexity index is 672. The highest BCUT2D eigenvalue weighted by molar-refractivity contribution is 7.23. The maximum atomic E-state index is 12.4. The van der Waals surface area contributed by atoms with Gasteiger partial charge in [-0.3, -0.25) is 4.79 Å². The number of carbonyl (C=O) groups is 1. The molecule has 23 heavy (non-hydrogen) atoms. The highest BCUT2D eigenvalue weighted by Gasteiger charge is 2.41. The summed E-state index contributed by atoms with van der Waals surface area (Å²) in [5, 5.41) is 5.65. The third-order valence-electron chi connectivity index (χ3n) is 3.82. The molecule has 1 aliphatic rings. The minimum absolute atomic E-state index is 0. The van der Waals surface area contributed by atoms with Crippen LogP contribution in [0.5, 0.6) is 0 Å². The van der Waals surface area contributed by atoms with E-state index in [2.05, 4.69) is 10.3 Å². The molecule has 1 unspecified atom stereocenters. The van der Waals surface area contributed by atoms with Crippen LogP contribution in [-0.4, -0.2) is 23.0 Å². The van der Waals surface area contributed by atoms with Gasteiger partial charge in [0.15, 0.2) is 0 Å². The Balaban J connectivity index is 0.00000132. The van der Waals surface area contributed by atoms with Crippen LogP contribution >= 0.6 is 59.1 Å². The average molecular weight is 415 g/mol. The summed E-state index contributed by atoms with van der Waals surface area (Å²) in [6, 6.07) is 3.75. The van der Waals surface area contributed by atoms with Crippen LogP contribution in [0.4, 0.5) is 0 Å². The molecule has 1 saturated carbocycles. The minimum atomic E-state index is -0.326. The molecule has 1 aliphatic carbocycles. The molecule has 1 fully saturated rings. The second kappa shape index (κ2) is 8.14. The molecule has 0 radical (unpaired) electrons. The van der Waals surface area contributed by atoms with Gasteiger partial charge in [0.05, 0.1) is 14.8 Å². The second-order valence-corrected chi connectivity index (χ2v) is 8.06. The summed E-state index contributed by atoms with van der Waals surface area (Å²) in [7, 11) is 0. The lowest BCUT2D eigenvalue weighted by molar-refractivity contribution is 0.0893. The number of hydrogen-bond donors (Lipinski definition) is 2. The summed E-state index contributed by atoms with van der Waals surface area (Å²) in [4.78, 5) is 17.7. The maximum absolute atomic E-state index is 12.4. The molecule has 3 rings (SSSR count). The van der Waals surface area contributed by atoms with E-state index in [9.17, 15) is 4.79 Å². The van der Waals surface area contributed by atoms with Crippen molar-refractivity contribution in [2.75, 3.05) is 6.54 Å². The molecule has 1 amide bonds. The Morgan fingerprint density at radius 2 is 2.17 bits per heavy atom. The number of halogens is 3. The topological polar surface area (TPSA) is 68.0 Å². The van der Waals surface area contributed by atoms with E-state index >= 15 is 0 Å². The molecule has 3 N–H and O–H groups in total. The fraction of sp³-hybridized carbons (Fsp3) is 0.429. The molecule has 1 atom stereocenters. The zero-order valence-electron chi connectivity index (χ0n) is 12.4. The van der Waals surface area contributed by atoms with Gasteiger partial charge in [0, 0.05) is 11.9 Å². The smallest absolute Gasteiger partial charge is 0.271 e. The number of nitrogens with zero attached hydrogens (tertiary/aromatic N) is 1. The lowest BCUT2D eigenvalue weighted by Crippen LogP contribution is -2.53. The molecular formula is C14H18Cl3N3OS2. The molecular weight excluding hydrogens is 397 g/mol. The van der Waals surface area contributed by atoms with Gasteiger partial charge in [-0.25, -0.2) is 4.98 Å². The van der Waals surface area contributed by atoms with Crippen molar-refractivity contribution in [1.29, 1.82) is 0 Å². The van der Waals surface area contributed by atoms with Crippen molar-refractivity contribution in [3.8, 4) is 9.88 Å². The number of nitrogens with one attached hydrogen (secondary N) is 1. The average Bonchev–Trinajstić information content (AvgIpc) is 3.05. The van der Waals surface area contributed by atoms with E-state index in [-0.39, 0.29) is 36.3 Å². The molecule has 2 aromatic heterocycles. The number of nitrogens with two attached hydrogens (primary N) is 1. The summed E-state index contributed by atoms with van der Waals surface area (Å²) in [5.41, 5.74) is 5.95. The van der Waals surface area contributed by atoms with Gasteiger partial charge in [0.1, 0.15) is 10.7 Å². The standard InChI is InChI=1S/C14H16ClN3OS2.2ClH/c1-14(7-16,8-2-3-8)18-12(19)9-6-20-13(17-9)10-4-5-11(15)21-10;;/h4-6,8H,2-3,7,16H2,1H3,(H,18,19);2*1H. The molecule has 128 valence electrons. The van der Waals surface area contributed by atoms with Gasteiger partial charge in [-0.1, -0.05) is 11.6 Å². The van der Waals surface area contributed by atoms with Crippen LogP contribution in [0.15, 0.2) is 17.5 Å². The monoisotopic (exact) mass is 413 g/mol. The highest BCUT2D eigenvalue weighted by atomic mass is 35.5. The Hall–Kier alpha value is -0.370. The van der Waals surface area contributed by atoms with E-state index in [1.807, 2.05) is 19.1 Å². The maximum Gasteiger partial charge on any atom is 0.271 e. The van der Waals surface area contributed by atoms with E-state index in [1.165, 1.54) is 22.7 Å². The Kier molecular flexibility index (Phi) is 7.32. The molecule has 0 bridgehead atoms. The van der Waals surface area contributed by atoms with Crippen LogP contribution in [-0.2, 0) is 0 Å². The molecule has 0 aromatic carbocycles. The van der Waals surface area contributed by atoms with E-state index in [4.69, 9.17) is 17.3 Å². The molecule has 2 heterocycles. The first-order chi connectivity index (χ1) is 10.0. The van der Waals surface area contributed by atoms with Gasteiger partial charge in [0.2, 0.25) is 0 Å². The van der Waals surface area contributed by atoms with Gasteiger partial charge in [-0.15, -0.1) is 47.5 Å². The van der Waals surface area contributed by atoms with Crippen molar-refractivity contribution in [2.24, 2.45) is 11.7 Å². The SMILES string of the molecule is CC(CN)(NC(=O)c1csc(-c2ccc(Cl)s2)n1)C1CC1.Cl.Cl. The van der Waals surface area contributed by atoms with Crippen LogP contribution < -0.4 is 11.1 Å². The van der Waals surface area contributed by atoms with Gasteiger partial charge in [0.25, 0.3) is 5.91 Å². The lowest BCUT2D eigenvalue weighted by atomic mass is 9.96. The van der Waals surface area contributed by atoms with E-state index in [0.717, 1.165) is 27.1 Å². The fourth-order valence-corrected chi connectivity index (χ4v) is 4.20. The number of thiazole rings is 1. The largest absolute Gasteiger partial charge is 0.344 e. The third kappa shape index (κ3) is 4.59. The van der Waals surface area contributed by atoms with Gasteiger partial charge < -0.3 is 11.1 Å². The third-order valence-corrected chi connectivity index (χ3v) is 6.06. The van der Waals surface area contributed by atoms with Gasteiger partial charge in [-0.2, -0.15) is 0 Å². The van der Waals surface area contributed by atoms with Crippen LogP contribution in [0.25, 0.3) is 9.88 Å². The van der Waals surface area contributed by atoms with Crippen molar-refractivity contribution in [3.05, 3.63) is 27.5 Å². The summed E-state index contributed by atoms with van der Waals surface area (Å²) < 4.78 is 0.718. The molecule has 4 nitrogen and oxygen atoms in total. The zero-order chi connectivity index (χ0) is 15.0. The van der Waals surface area contributed by atoms with Crippen molar-refractivity contribution in [2.45, 2.75) is 25.3 Å². The van der Waals surface area contributed by atoms with Gasteiger partial charge >= 0.3 is 0 Å². The number of carbonyl (C=O) groups excluding carboxylic acids is 1. The molecule has 0 saturated heterocycles. The summed E-state index contributed by atoms with van der Waals surface area (Å²) in [6.07, 6.45) is 2.26. The number of rotatable bonds is 5. The molecule has 0 aliphatic heterocycles. The highest BCUT2D eigenvalue weighted by Crippen LogP contribution is 2.39. The second-order valence-electron chi connectivity index (χ2n) is 5.49. The van der Waals surface area contributed by atoms with Crippen molar-refractivity contribution < 1.29 is 4.79 Å². The van der Waals surface area contributed by atoms with E-state index < -0.39 is 0 Å².